The maximum atomic E-state index is 12.7. The fourth-order valence-electron chi connectivity index (χ4n) is 7.51. The molecule has 4 fully saturated rings. The predicted molar refractivity (Wildman–Crippen MR) is 122 cm³/mol. The molecule has 0 spiro atoms. The molecule has 0 aromatic rings. The molecule has 0 heterocycles. The van der Waals surface area contributed by atoms with E-state index in [1.807, 2.05) is 0 Å². The van der Waals surface area contributed by atoms with Crippen LogP contribution in [0.25, 0.3) is 0 Å². The van der Waals surface area contributed by atoms with Crippen LogP contribution in [0.15, 0.2) is 0 Å². The van der Waals surface area contributed by atoms with E-state index < -0.39 is 18.1 Å². The molecule has 7 unspecified atom stereocenters. The van der Waals surface area contributed by atoms with Gasteiger partial charge in [0.15, 0.2) is 0 Å². The van der Waals surface area contributed by atoms with Gasteiger partial charge in [-0.1, -0.05) is 25.7 Å². The fourth-order valence-corrected chi connectivity index (χ4v) is 8.49. The number of nitrogens with one attached hydrogen (secondary N) is 1. The molecule has 0 aromatic heterocycles. The second-order valence-electron chi connectivity index (χ2n) is 10.5. The molecule has 4 aliphatic carbocycles. The maximum Gasteiger partial charge on any atom is 0.407 e. The number of halogens is 2. The Kier molecular flexibility index (Phi) is 7.95. The molecule has 5 nitrogen and oxygen atoms in total. The van der Waals surface area contributed by atoms with Gasteiger partial charge in [-0.2, -0.15) is 0 Å². The van der Waals surface area contributed by atoms with Crippen molar-refractivity contribution in [2.24, 2.45) is 35.5 Å². The van der Waals surface area contributed by atoms with Crippen LogP contribution < -0.4 is 5.32 Å². The summed E-state index contributed by atoms with van der Waals surface area (Å²) in [6.07, 6.45) is 11.9. The van der Waals surface area contributed by atoms with Gasteiger partial charge in [0, 0.05) is 16.8 Å². The fraction of sp³-hybridized carbons (Fsp3) is 0.917. The first kappa shape index (κ1) is 23.5. The summed E-state index contributed by atoms with van der Waals surface area (Å²) in [4.78, 5) is 24.1. The van der Waals surface area contributed by atoms with Gasteiger partial charge in [0.1, 0.15) is 0 Å². The van der Waals surface area contributed by atoms with Crippen LogP contribution in [0.1, 0.15) is 77.0 Å². The Bertz CT molecular complexity index is 615. The number of alkyl halides is 2. The van der Waals surface area contributed by atoms with Gasteiger partial charge in [0.05, 0.1) is 13.0 Å². The van der Waals surface area contributed by atoms with Gasteiger partial charge in [-0.25, -0.2) is 4.79 Å². The number of amides is 1. The first-order valence-electron chi connectivity index (χ1n) is 12.4. The Morgan fingerprint density at radius 1 is 0.871 bits per heavy atom. The summed E-state index contributed by atoms with van der Waals surface area (Å²) in [5.41, 5.74) is 0. The van der Waals surface area contributed by atoms with Crippen molar-refractivity contribution in [2.45, 2.75) is 93.8 Å². The van der Waals surface area contributed by atoms with Crippen LogP contribution in [-0.4, -0.2) is 40.6 Å². The summed E-state index contributed by atoms with van der Waals surface area (Å²) in [5, 5.41) is 12.1. The number of rotatable bonds is 6. The smallest absolute Gasteiger partial charge is 0.407 e. The van der Waals surface area contributed by atoms with E-state index in [1.54, 1.807) is 0 Å². The van der Waals surface area contributed by atoms with E-state index in [0.29, 0.717) is 37.2 Å². The van der Waals surface area contributed by atoms with E-state index in [0.717, 1.165) is 18.3 Å². The van der Waals surface area contributed by atoms with Crippen LogP contribution in [0.3, 0.4) is 0 Å². The number of alkyl carbamates (subject to hydrolysis) is 1. The molecule has 4 saturated carbocycles. The maximum absolute atomic E-state index is 12.7. The van der Waals surface area contributed by atoms with E-state index in [4.69, 9.17) is 27.9 Å². The summed E-state index contributed by atoms with van der Waals surface area (Å²) in [6.45, 7) is 0.467. The Balaban J connectivity index is 1.35. The lowest BCUT2D eigenvalue weighted by molar-refractivity contribution is -0.137. The summed E-state index contributed by atoms with van der Waals surface area (Å²) in [5.74, 6) is 2.51. The summed E-state index contributed by atoms with van der Waals surface area (Å²) < 4.78 is 5.77. The quantitative estimate of drug-likeness (QED) is 0.476. The minimum absolute atomic E-state index is 0.0423. The van der Waals surface area contributed by atoms with Crippen LogP contribution in [0.4, 0.5) is 4.79 Å². The summed E-state index contributed by atoms with van der Waals surface area (Å²) >= 11 is 12.6. The van der Waals surface area contributed by atoms with Crippen LogP contribution in [0, 0.1) is 35.5 Å². The molecule has 7 heteroatoms. The van der Waals surface area contributed by atoms with Crippen molar-refractivity contribution in [1.29, 1.82) is 0 Å². The van der Waals surface area contributed by atoms with Gasteiger partial charge < -0.3 is 15.2 Å². The van der Waals surface area contributed by atoms with Crippen LogP contribution in [0.5, 0.6) is 0 Å². The molecule has 2 N–H and O–H groups in total. The second kappa shape index (κ2) is 10.5. The van der Waals surface area contributed by atoms with Crippen molar-refractivity contribution >= 4 is 35.3 Å². The number of hydrogen-bond acceptors (Lipinski definition) is 3. The van der Waals surface area contributed by atoms with E-state index in [-0.39, 0.29) is 23.1 Å². The highest BCUT2D eigenvalue weighted by atomic mass is 35.5. The predicted octanol–water partition coefficient (Wildman–Crippen LogP) is 5.81. The lowest BCUT2D eigenvalue weighted by Crippen LogP contribution is -2.45. The average molecular weight is 474 g/mol. The molecule has 0 radical (unpaired) electrons. The van der Waals surface area contributed by atoms with E-state index >= 15 is 0 Å². The number of carbonyl (C=O) groups excluding carboxylic acids is 1. The molecule has 176 valence electrons. The molecular formula is C24H37Cl2NO4. The topological polar surface area (TPSA) is 75.6 Å². The summed E-state index contributed by atoms with van der Waals surface area (Å²) in [7, 11) is 0. The molecule has 0 saturated heterocycles. The van der Waals surface area contributed by atoms with E-state index in [1.165, 1.54) is 51.4 Å². The van der Waals surface area contributed by atoms with Crippen molar-refractivity contribution < 1.29 is 19.4 Å². The number of aliphatic carboxylic acids is 1. The van der Waals surface area contributed by atoms with Crippen molar-refractivity contribution in [3.8, 4) is 0 Å². The van der Waals surface area contributed by atoms with Gasteiger partial charge in [0.2, 0.25) is 0 Å². The molecular weight excluding hydrogens is 437 g/mol. The largest absolute Gasteiger partial charge is 0.481 e. The van der Waals surface area contributed by atoms with Crippen molar-refractivity contribution in [1.82, 2.24) is 5.32 Å². The standard InChI is InChI=1S/C24H37Cl2NO4/c25-15-9-14(10-16(26)11-15)22(12-23(28)29)27-24(30)31-13-21-19-7-3-1-5-17(19)18-6-2-4-8-20(18)21/h14-22H,1-13H2,(H,27,30)(H,28,29). The molecule has 0 aromatic carbocycles. The van der Waals surface area contributed by atoms with Gasteiger partial charge in [-0.3, -0.25) is 4.79 Å². The zero-order valence-electron chi connectivity index (χ0n) is 18.3. The van der Waals surface area contributed by atoms with E-state index in [2.05, 4.69) is 5.32 Å². The van der Waals surface area contributed by atoms with Crippen LogP contribution in [0.2, 0.25) is 0 Å². The van der Waals surface area contributed by atoms with Crippen molar-refractivity contribution in [3.05, 3.63) is 0 Å². The Morgan fingerprint density at radius 2 is 1.39 bits per heavy atom. The molecule has 0 bridgehead atoms. The molecule has 4 rings (SSSR count). The highest BCUT2D eigenvalue weighted by Gasteiger charge is 2.51. The zero-order valence-corrected chi connectivity index (χ0v) is 19.8. The molecule has 0 aliphatic heterocycles. The first-order chi connectivity index (χ1) is 14.9. The third-order valence-electron chi connectivity index (χ3n) is 8.70. The van der Waals surface area contributed by atoms with Gasteiger partial charge in [-0.05, 0) is 80.5 Å². The molecule has 7 atom stereocenters. The minimum atomic E-state index is -0.931. The third kappa shape index (κ3) is 5.63. The van der Waals surface area contributed by atoms with E-state index in [9.17, 15) is 14.7 Å². The Morgan fingerprint density at radius 3 is 1.90 bits per heavy atom. The van der Waals surface area contributed by atoms with Crippen LogP contribution >= 0.6 is 23.2 Å². The Labute approximate surface area is 195 Å². The third-order valence-corrected chi connectivity index (χ3v) is 9.41. The lowest BCUT2D eigenvalue weighted by atomic mass is 9.73. The summed E-state index contributed by atoms with van der Waals surface area (Å²) in [6, 6.07) is -0.499. The number of carbonyl (C=O) groups is 2. The van der Waals surface area contributed by atoms with Crippen LogP contribution in [-0.2, 0) is 9.53 Å². The number of ether oxygens (including phenoxy) is 1. The molecule has 31 heavy (non-hydrogen) atoms. The number of carboxylic acids is 1. The second-order valence-corrected chi connectivity index (χ2v) is 11.7. The van der Waals surface area contributed by atoms with Gasteiger partial charge >= 0.3 is 12.1 Å². The SMILES string of the molecule is O=C(O)CC(NC(=O)OCC1C2CCCCC2C2CCCCC21)C1CC(Cl)CC(Cl)C1. The average Bonchev–Trinajstić information content (AvgIpc) is 3.05. The zero-order chi connectivity index (χ0) is 22.0. The first-order valence-corrected chi connectivity index (χ1v) is 13.2. The Hall–Kier alpha value is -0.680. The molecule has 4 aliphatic rings. The highest BCUT2D eigenvalue weighted by molar-refractivity contribution is 6.23. The number of fused-ring (bicyclic) bond motifs is 3. The number of hydrogen-bond donors (Lipinski definition) is 2. The van der Waals surface area contributed by atoms with Gasteiger partial charge in [-0.15, -0.1) is 23.2 Å². The van der Waals surface area contributed by atoms with Gasteiger partial charge in [0.25, 0.3) is 0 Å². The lowest BCUT2D eigenvalue weighted by Gasteiger charge is -2.34. The normalized spacial score (nSPS) is 41.0. The minimum Gasteiger partial charge on any atom is -0.481 e. The highest BCUT2D eigenvalue weighted by Crippen LogP contribution is 2.57. The van der Waals surface area contributed by atoms with Crippen molar-refractivity contribution in [3.63, 3.8) is 0 Å². The van der Waals surface area contributed by atoms with Crippen molar-refractivity contribution in [2.75, 3.05) is 6.61 Å². The number of carboxylic acid groups (broad SMARTS) is 1. The molecule has 1 amide bonds. The monoisotopic (exact) mass is 473 g/mol.